The molecule has 0 aliphatic rings. The lowest BCUT2D eigenvalue weighted by Crippen LogP contribution is -2.12. The van der Waals surface area contributed by atoms with Crippen LogP contribution in [0.5, 0.6) is 0 Å². The van der Waals surface area contributed by atoms with E-state index < -0.39 is 6.17 Å². The van der Waals surface area contributed by atoms with E-state index in [0.717, 1.165) is 40.9 Å². The summed E-state index contributed by atoms with van der Waals surface area (Å²) >= 11 is 0. The largest absolute Gasteiger partial charge is 0.392 e. The minimum Gasteiger partial charge on any atom is -0.392 e. The van der Waals surface area contributed by atoms with Crippen LogP contribution in [0.2, 0.25) is 0 Å². The summed E-state index contributed by atoms with van der Waals surface area (Å²) in [7, 11) is 0. The third-order valence-electron chi connectivity index (χ3n) is 5.40. The van der Waals surface area contributed by atoms with Crippen LogP contribution in [-0.2, 0) is 13.0 Å². The number of aromatic nitrogens is 1. The van der Waals surface area contributed by atoms with Gasteiger partial charge in [0.2, 0.25) is 0 Å². The van der Waals surface area contributed by atoms with Crippen molar-refractivity contribution in [2.45, 2.75) is 91.8 Å². The van der Waals surface area contributed by atoms with E-state index in [9.17, 15) is 9.50 Å². The van der Waals surface area contributed by atoms with Gasteiger partial charge in [0.15, 0.2) is 0 Å². The number of alkyl halides is 1. The fraction of sp³-hybridized carbons (Fsp3) is 0.560. The highest BCUT2D eigenvalue weighted by Gasteiger charge is 2.23. The van der Waals surface area contributed by atoms with Gasteiger partial charge in [-0.05, 0) is 53.9 Å². The van der Waals surface area contributed by atoms with Crippen molar-refractivity contribution < 1.29 is 9.50 Å². The predicted molar refractivity (Wildman–Crippen MR) is 117 cm³/mol. The molecule has 1 heterocycles. The van der Waals surface area contributed by atoms with E-state index in [4.69, 9.17) is 4.98 Å². The molecule has 0 fully saturated rings. The van der Waals surface area contributed by atoms with Crippen LogP contribution in [-0.4, -0.2) is 10.1 Å². The lowest BCUT2D eigenvalue weighted by Gasteiger charge is -2.24. The highest BCUT2D eigenvalue weighted by Crippen LogP contribution is 2.38. The summed E-state index contributed by atoms with van der Waals surface area (Å²) in [6, 6.07) is 7.72. The molecule has 1 N–H and O–H groups in total. The minimum atomic E-state index is -0.981. The second kappa shape index (κ2) is 10.2. The first-order valence-electron chi connectivity index (χ1n) is 10.7. The summed E-state index contributed by atoms with van der Waals surface area (Å²) in [5, 5.41) is 10.3. The smallest absolute Gasteiger partial charge is 0.122 e. The van der Waals surface area contributed by atoms with Gasteiger partial charge in [0.05, 0.1) is 6.61 Å². The summed E-state index contributed by atoms with van der Waals surface area (Å²) < 4.78 is 13.7. The van der Waals surface area contributed by atoms with Crippen LogP contribution in [0.15, 0.2) is 24.3 Å². The third-order valence-corrected chi connectivity index (χ3v) is 5.40. The van der Waals surface area contributed by atoms with Gasteiger partial charge in [-0.1, -0.05) is 71.7 Å². The lowest BCUT2D eigenvalue weighted by atomic mass is 9.85. The number of benzene rings is 1. The maximum atomic E-state index is 13.7. The second-order valence-corrected chi connectivity index (χ2v) is 8.38. The Morgan fingerprint density at radius 1 is 0.893 bits per heavy atom. The summed E-state index contributed by atoms with van der Waals surface area (Å²) in [6.45, 7) is 12.4. The van der Waals surface area contributed by atoms with Crippen LogP contribution >= 0.6 is 0 Å². The topological polar surface area (TPSA) is 33.1 Å². The monoisotopic (exact) mass is 385 g/mol. The van der Waals surface area contributed by atoms with Crippen molar-refractivity contribution in [3.8, 4) is 11.1 Å². The van der Waals surface area contributed by atoms with E-state index >= 15 is 0 Å². The molecule has 0 aliphatic heterocycles. The van der Waals surface area contributed by atoms with Gasteiger partial charge >= 0.3 is 0 Å². The molecule has 1 atom stereocenters. The minimum absolute atomic E-state index is 0.0315. The number of halogens is 1. The van der Waals surface area contributed by atoms with Crippen molar-refractivity contribution in [2.24, 2.45) is 0 Å². The number of nitrogens with zero attached hydrogens (tertiary/aromatic N) is 1. The number of hydrogen-bond donors (Lipinski definition) is 1. The predicted octanol–water partition coefficient (Wildman–Crippen LogP) is 7.25. The first-order valence-corrected chi connectivity index (χ1v) is 10.7. The molecule has 0 radical (unpaired) electrons. The zero-order valence-electron chi connectivity index (χ0n) is 18.3. The average molecular weight is 386 g/mol. The normalized spacial score (nSPS) is 12.8. The molecule has 2 nitrogen and oxygen atoms in total. The summed E-state index contributed by atoms with van der Waals surface area (Å²) in [4.78, 5) is 5.03. The van der Waals surface area contributed by atoms with Crippen molar-refractivity contribution in [1.82, 2.24) is 4.98 Å². The zero-order valence-corrected chi connectivity index (χ0v) is 18.3. The van der Waals surface area contributed by atoms with Crippen LogP contribution in [0.1, 0.15) is 107 Å². The van der Waals surface area contributed by atoms with Gasteiger partial charge in [0.25, 0.3) is 0 Å². The Hall–Kier alpha value is -1.74. The molecular formula is C25H36FNO. The molecule has 0 amide bonds. The Bertz CT molecular complexity index is 763. The number of hydrogen-bond acceptors (Lipinski definition) is 2. The van der Waals surface area contributed by atoms with E-state index in [1.165, 1.54) is 18.4 Å². The van der Waals surface area contributed by atoms with E-state index in [1.807, 2.05) is 24.3 Å². The van der Waals surface area contributed by atoms with Gasteiger partial charge in [0, 0.05) is 17.0 Å². The van der Waals surface area contributed by atoms with Crippen LogP contribution in [0.25, 0.3) is 11.1 Å². The zero-order chi connectivity index (χ0) is 20.8. The molecule has 1 aromatic carbocycles. The van der Waals surface area contributed by atoms with Gasteiger partial charge in [-0.3, -0.25) is 4.98 Å². The van der Waals surface area contributed by atoms with Gasteiger partial charge in [-0.15, -0.1) is 0 Å². The Morgan fingerprint density at radius 3 is 1.93 bits per heavy atom. The highest BCUT2D eigenvalue weighted by molar-refractivity contribution is 5.73. The highest BCUT2D eigenvalue weighted by atomic mass is 19.1. The van der Waals surface area contributed by atoms with E-state index in [2.05, 4.69) is 34.6 Å². The molecule has 0 saturated heterocycles. The number of pyridine rings is 1. The fourth-order valence-electron chi connectivity index (χ4n) is 3.89. The molecule has 0 saturated carbocycles. The van der Waals surface area contributed by atoms with Crippen molar-refractivity contribution in [2.75, 3.05) is 0 Å². The Kier molecular flexibility index (Phi) is 8.18. The number of aliphatic hydroxyl groups is 1. The summed E-state index contributed by atoms with van der Waals surface area (Å²) in [5.74, 6) is 0.541. The summed E-state index contributed by atoms with van der Waals surface area (Å²) in [6.07, 6.45) is 3.42. The molecule has 0 bridgehead atoms. The molecule has 154 valence electrons. The second-order valence-electron chi connectivity index (χ2n) is 8.38. The first-order chi connectivity index (χ1) is 13.3. The van der Waals surface area contributed by atoms with Crippen LogP contribution in [0, 0.1) is 0 Å². The molecule has 28 heavy (non-hydrogen) atoms. The average Bonchev–Trinajstić information content (AvgIpc) is 2.66. The van der Waals surface area contributed by atoms with Gasteiger partial charge < -0.3 is 5.11 Å². The lowest BCUT2D eigenvalue weighted by molar-refractivity contribution is 0.279. The maximum Gasteiger partial charge on any atom is 0.122 e. The van der Waals surface area contributed by atoms with Crippen molar-refractivity contribution >= 4 is 0 Å². The SMILES string of the molecule is CCCCCc1c(C(C)C)nc(C(C)C)c(CO)c1-c1ccc(C(C)F)cc1. The standard InChI is InChI=1S/C25H36FNO/c1-7-8-9-10-21-23(20-13-11-19(12-14-20)18(6)26)22(15-28)25(17(4)5)27-24(21)16(2)3/h11-14,16-18,28H,7-10,15H2,1-6H3. The molecule has 1 aromatic heterocycles. The molecule has 1 unspecified atom stereocenters. The van der Waals surface area contributed by atoms with Crippen molar-refractivity contribution in [3.05, 3.63) is 52.3 Å². The molecule has 0 aliphatic carbocycles. The van der Waals surface area contributed by atoms with Gasteiger partial charge in [0.1, 0.15) is 6.17 Å². The first kappa shape index (κ1) is 22.5. The number of aliphatic hydroxyl groups excluding tert-OH is 1. The van der Waals surface area contributed by atoms with E-state index in [-0.39, 0.29) is 12.5 Å². The number of rotatable bonds is 9. The quantitative estimate of drug-likeness (QED) is 0.461. The third kappa shape index (κ3) is 5.00. The summed E-state index contributed by atoms with van der Waals surface area (Å²) in [5.41, 5.74) is 7.12. The van der Waals surface area contributed by atoms with E-state index in [0.29, 0.717) is 11.5 Å². The Balaban J connectivity index is 2.75. The van der Waals surface area contributed by atoms with Crippen LogP contribution < -0.4 is 0 Å². The van der Waals surface area contributed by atoms with Crippen molar-refractivity contribution in [1.29, 1.82) is 0 Å². The van der Waals surface area contributed by atoms with Gasteiger partial charge in [-0.2, -0.15) is 0 Å². The Labute approximate surface area is 170 Å². The molecule has 0 spiro atoms. The number of unbranched alkanes of at least 4 members (excludes halogenated alkanes) is 2. The van der Waals surface area contributed by atoms with E-state index in [1.54, 1.807) is 6.92 Å². The fourth-order valence-corrected chi connectivity index (χ4v) is 3.89. The Morgan fingerprint density at radius 2 is 1.46 bits per heavy atom. The van der Waals surface area contributed by atoms with Gasteiger partial charge in [-0.25, -0.2) is 4.39 Å². The molecule has 2 rings (SSSR count). The molecule has 3 heteroatoms. The maximum absolute atomic E-state index is 13.7. The molecule has 2 aromatic rings. The molecular weight excluding hydrogens is 349 g/mol. The van der Waals surface area contributed by atoms with Crippen LogP contribution in [0.3, 0.4) is 0 Å². The van der Waals surface area contributed by atoms with Crippen LogP contribution in [0.4, 0.5) is 4.39 Å². The van der Waals surface area contributed by atoms with Crippen molar-refractivity contribution in [3.63, 3.8) is 0 Å².